The first-order valence-electron chi connectivity index (χ1n) is 7.69. The molecule has 5 heteroatoms. The summed E-state index contributed by atoms with van der Waals surface area (Å²) in [4.78, 5) is 23.2. The second-order valence-corrected chi connectivity index (χ2v) is 6.52. The van der Waals surface area contributed by atoms with E-state index in [1.54, 1.807) is 31.2 Å². The Morgan fingerprint density at radius 1 is 1.26 bits per heavy atom. The monoisotopic (exact) mass is 318 g/mol. The number of aliphatic hydroxyl groups excluding tert-OH is 1. The van der Waals surface area contributed by atoms with Gasteiger partial charge < -0.3 is 15.7 Å². The van der Waals surface area contributed by atoms with Crippen LogP contribution < -0.4 is 10.6 Å². The molecule has 0 heterocycles. The van der Waals surface area contributed by atoms with Crippen LogP contribution in [0.4, 0.5) is 0 Å². The maximum atomic E-state index is 12.1. The van der Waals surface area contributed by atoms with Gasteiger partial charge in [-0.15, -0.1) is 0 Å². The fourth-order valence-corrected chi connectivity index (χ4v) is 2.33. The Balaban J connectivity index is 2.54. The van der Waals surface area contributed by atoms with Crippen LogP contribution in [0.5, 0.6) is 0 Å². The maximum Gasteiger partial charge on any atom is 0.251 e. The predicted octanol–water partition coefficient (Wildman–Crippen LogP) is 2.02. The van der Waals surface area contributed by atoms with E-state index < -0.39 is 6.10 Å². The van der Waals surface area contributed by atoms with Crippen molar-refractivity contribution in [1.29, 1.82) is 0 Å². The van der Waals surface area contributed by atoms with Crippen molar-refractivity contribution < 1.29 is 14.7 Å². The summed E-state index contributed by atoms with van der Waals surface area (Å²) in [6.45, 7) is 10.0. The quantitative estimate of drug-likeness (QED) is 0.642. The normalized spacial score (nSPS) is 12.3. The molecule has 0 spiro atoms. The minimum absolute atomic E-state index is 0.148. The zero-order valence-electron chi connectivity index (χ0n) is 14.1. The Hall–Kier alpha value is -2.14. The summed E-state index contributed by atoms with van der Waals surface area (Å²) in [6.07, 6.45) is 1.44. The van der Waals surface area contributed by atoms with Crippen LogP contribution >= 0.6 is 0 Å². The highest BCUT2D eigenvalue weighted by atomic mass is 16.3. The molecule has 0 saturated carbocycles. The highest BCUT2D eigenvalue weighted by molar-refractivity contribution is 5.94. The van der Waals surface area contributed by atoms with Crippen molar-refractivity contribution >= 4 is 11.8 Å². The zero-order chi connectivity index (χ0) is 17.5. The Bertz CT molecular complexity index is 548. The molecule has 0 aliphatic heterocycles. The zero-order valence-corrected chi connectivity index (χ0v) is 14.1. The van der Waals surface area contributed by atoms with Crippen molar-refractivity contribution in [2.75, 3.05) is 6.54 Å². The van der Waals surface area contributed by atoms with E-state index in [9.17, 15) is 14.7 Å². The molecule has 3 N–H and O–H groups in total. The lowest BCUT2D eigenvalue weighted by atomic mass is 9.87. The first-order valence-corrected chi connectivity index (χ1v) is 7.69. The standard InChI is InChI=1S/C18H26N2O3/c1-5-16(22)19-11-14-6-8-15(9-7-14)17(23)20-12-18(3,4)10-13(2)21/h5-9,13,21H,1,10-12H2,2-4H3,(H,19,22)(H,20,23). The highest BCUT2D eigenvalue weighted by Gasteiger charge is 2.21. The average molecular weight is 318 g/mol. The molecule has 126 valence electrons. The molecule has 1 unspecified atom stereocenters. The van der Waals surface area contributed by atoms with Crippen molar-refractivity contribution in [3.05, 3.63) is 48.0 Å². The van der Waals surface area contributed by atoms with Gasteiger partial charge in [-0.2, -0.15) is 0 Å². The lowest BCUT2D eigenvalue weighted by Crippen LogP contribution is -2.35. The number of rotatable bonds is 8. The second-order valence-electron chi connectivity index (χ2n) is 6.52. The smallest absolute Gasteiger partial charge is 0.251 e. The molecule has 0 fully saturated rings. The van der Waals surface area contributed by atoms with Gasteiger partial charge in [0.25, 0.3) is 5.91 Å². The molecule has 5 nitrogen and oxygen atoms in total. The average Bonchev–Trinajstić information content (AvgIpc) is 2.49. The Kier molecular flexibility index (Phi) is 6.97. The van der Waals surface area contributed by atoms with Crippen LogP contribution in [-0.2, 0) is 11.3 Å². The van der Waals surface area contributed by atoms with Crippen LogP contribution in [-0.4, -0.2) is 29.6 Å². The van der Waals surface area contributed by atoms with Crippen molar-refractivity contribution in [2.24, 2.45) is 5.41 Å². The summed E-state index contributed by atoms with van der Waals surface area (Å²) in [7, 11) is 0. The van der Waals surface area contributed by atoms with Crippen molar-refractivity contribution in [3.8, 4) is 0 Å². The van der Waals surface area contributed by atoms with E-state index in [0.29, 0.717) is 25.1 Å². The van der Waals surface area contributed by atoms with Crippen LogP contribution in [0.2, 0.25) is 0 Å². The van der Waals surface area contributed by atoms with Crippen LogP contribution in [0.25, 0.3) is 0 Å². The molecule has 0 saturated heterocycles. The minimum Gasteiger partial charge on any atom is -0.393 e. The lowest BCUT2D eigenvalue weighted by molar-refractivity contribution is -0.116. The van der Waals surface area contributed by atoms with Gasteiger partial charge >= 0.3 is 0 Å². The largest absolute Gasteiger partial charge is 0.393 e. The van der Waals surface area contributed by atoms with E-state index in [-0.39, 0.29) is 17.2 Å². The first kappa shape index (κ1) is 18.9. The molecule has 1 atom stereocenters. The third kappa shape index (κ3) is 7.10. The van der Waals surface area contributed by atoms with Crippen LogP contribution in [0.3, 0.4) is 0 Å². The topological polar surface area (TPSA) is 78.4 Å². The van der Waals surface area contributed by atoms with Gasteiger partial charge in [-0.3, -0.25) is 9.59 Å². The number of aliphatic hydroxyl groups is 1. The molecule has 0 radical (unpaired) electrons. The third-order valence-electron chi connectivity index (χ3n) is 3.44. The van der Waals surface area contributed by atoms with Crippen molar-refractivity contribution in [3.63, 3.8) is 0 Å². The number of benzene rings is 1. The summed E-state index contributed by atoms with van der Waals surface area (Å²) in [5.41, 5.74) is 1.31. The fraction of sp³-hybridized carbons (Fsp3) is 0.444. The Labute approximate surface area is 137 Å². The summed E-state index contributed by atoms with van der Waals surface area (Å²) in [6, 6.07) is 7.07. The van der Waals surface area contributed by atoms with E-state index in [2.05, 4.69) is 17.2 Å². The number of hydrogen-bond acceptors (Lipinski definition) is 3. The molecule has 0 aromatic heterocycles. The molecule has 1 aromatic carbocycles. The summed E-state index contributed by atoms with van der Waals surface area (Å²) < 4.78 is 0. The van der Waals surface area contributed by atoms with Gasteiger partial charge in [0.15, 0.2) is 0 Å². The van der Waals surface area contributed by atoms with Crippen molar-refractivity contribution in [1.82, 2.24) is 10.6 Å². The van der Waals surface area contributed by atoms with Gasteiger partial charge in [0.1, 0.15) is 0 Å². The lowest BCUT2D eigenvalue weighted by Gasteiger charge is -2.26. The van der Waals surface area contributed by atoms with Gasteiger partial charge in [-0.05, 0) is 42.5 Å². The van der Waals surface area contributed by atoms with Crippen LogP contribution in [0.1, 0.15) is 43.1 Å². The molecule has 0 aliphatic rings. The number of nitrogens with one attached hydrogen (secondary N) is 2. The second kappa shape index (κ2) is 8.48. The van der Waals surface area contributed by atoms with Crippen LogP contribution in [0.15, 0.2) is 36.9 Å². The number of amides is 2. The molecule has 0 aliphatic carbocycles. The summed E-state index contributed by atoms with van der Waals surface area (Å²) in [5, 5.41) is 15.0. The van der Waals surface area contributed by atoms with Gasteiger partial charge in [0.05, 0.1) is 6.10 Å². The van der Waals surface area contributed by atoms with Crippen LogP contribution in [0, 0.1) is 5.41 Å². The van der Waals surface area contributed by atoms with Gasteiger partial charge in [0.2, 0.25) is 5.91 Å². The number of hydrogen-bond donors (Lipinski definition) is 3. The van der Waals surface area contributed by atoms with Gasteiger partial charge in [0, 0.05) is 18.7 Å². The highest BCUT2D eigenvalue weighted by Crippen LogP contribution is 2.21. The molecule has 0 bridgehead atoms. The minimum atomic E-state index is -0.396. The number of carbonyl (C=O) groups excluding carboxylic acids is 2. The van der Waals surface area contributed by atoms with Gasteiger partial charge in [-0.25, -0.2) is 0 Å². The van der Waals surface area contributed by atoms with Gasteiger partial charge in [-0.1, -0.05) is 32.6 Å². The van der Waals surface area contributed by atoms with Crippen molar-refractivity contribution in [2.45, 2.75) is 39.8 Å². The molecular weight excluding hydrogens is 292 g/mol. The molecule has 23 heavy (non-hydrogen) atoms. The van der Waals surface area contributed by atoms with E-state index in [1.807, 2.05) is 13.8 Å². The molecule has 1 rings (SSSR count). The summed E-state index contributed by atoms with van der Waals surface area (Å²) in [5.74, 6) is -0.377. The molecule has 1 aromatic rings. The molecular formula is C18H26N2O3. The van der Waals surface area contributed by atoms with E-state index in [0.717, 1.165) is 5.56 Å². The predicted molar refractivity (Wildman–Crippen MR) is 90.9 cm³/mol. The fourth-order valence-electron chi connectivity index (χ4n) is 2.33. The van der Waals surface area contributed by atoms with E-state index in [4.69, 9.17) is 0 Å². The maximum absolute atomic E-state index is 12.1. The third-order valence-corrected chi connectivity index (χ3v) is 3.44. The Morgan fingerprint density at radius 2 is 1.87 bits per heavy atom. The molecule has 2 amide bonds. The summed E-state index contributed by atoms with van der Waals surface area (Å²) >= 11 is 0. The Morgan fingerprint density at radius 3 is 2.39 bits per heavy atom. The number of carbonyl (C=O) groups is 2. The SMILES string of the molecule is C=CC(=O)NCc1ccc(C(=O)NCC(C)(C)CC(C)O)cc1. The van der Waals surface area contributed by atoms with E-state index in [1.165, 1.54) is 6.08 Å². The first-order chi connectivity index (χ1) is 10.7. The van der Waals surface area contributed by atoms with E-state index >= 15 is 0 Å².